The van der Waals surface area contributed by atoms with Crippen molar-refractivity contribution in [2.75, 3.05) is 0 Å². The maximum Gasteiger partial charge on any atom is 0.302 e. The molecule has 5 saturated carbocycles. The van der Waals surface area contributed by atoms with Gasteiger partial charge in [0.05, 0.1) is 5.60 Å². The van der Waals surface area contributed by atoms with Crippen LogP contribution >= 0.6 is 0 Å². The Kier molecular flexibility index (Phi) is 5.76. The summed E-state index contributed by atoms with van der Waals surface area (Å²) >= 11 is 0. The van der Waals surface area contributed by atoms with E-state index in [-0.39, 0.29) is 28.3 Å². The highest BCUT2D eigenvalue weighted by Gasteiger charge is 2.73. The lowest BCUT2D eigenvalue weighted by atomic mass is 9.31. The molecule has 1 N–H and O–H groups in total. The average molecular weight is 487 g/mol. The highest BCUT2D eigenvalue weighted by molar-refractivity contribution is 5.66. The quantitative estimate of drug-likeness (QED) is 0.405. The molecule has 0 unspecified atom stereocenters. The van der Waals surface area contributed by atoms with Gasteiger partial charge in [0, 0.05) is 12.3 Å². The molecule has 5 rings (SSSR count). The van der Waals surface area contributed by atoms with Gasteiger partial charge in [0.2, 0.25) is 0 Å². The fourth-order valence-corrected chi connectivity index (χ4v) is 12.4. The number of fused-ring (bicyclic) bond motifs is 7. The highest BCUT2D eigenvalue weighted by Crippen LogP contribution is 2.78. The normalized spacial score (nSPS) is 53.1. The van der Waals surface area contributed by atoms with E-state index in [1.54, 1.807) is 6.92 Å². The van der Waals surface area contributed by atoms with Crippen LogP contribution in [0.5, 0.6) is 0 Å². The average Bonchev–Trinajstić information content (AvgIpc) is 3.07. The summed E-state index contributed by atoms with van der Waals surface area (Å²) in [5.74, 6) is 2.76. The molecule has 0 aromatic carbocycles. The predicted molar refractivity (Wildman–Crippen MR) is 142 cm³/mol. The summed E-state index contributed by atoms with van der Waals surface area (Å²) in [6.45, 7) is 21.1. The number of aliphatic hydroxyl groups is 1. The van der Waals surface area contributed by atoms with Crippen LogP contribution < -0.4 is 0 Å². The SMILES string of the molecule is CC(=O)O[C@H]1C[C@H]2C(C)(C)CCC[C@]2(C)[C@H]2CC[C@H]3[C@@]4(C)CC[C@H](C(C)(C)O)[C@H]4CC[C@@]3(C)[C@]12C. The zero-order chi connectivity index (χ0) is 25.8. The molecule has 5 fully saturated rings. The number of rotatable bonds is 2. The summed E-state index contributed by atoms with van der Waals surface area (Å²) in [6.07, 6.45) is 12.4. The van der Waals surface area contributed by atoms with E-state index in [0.717, 1.165) is 12.8 Å². The molecule has 3 nitrogen and oxygen atoms in total. The molecule has 0 heterocycles. The molecule has 0 amide bonds. The lowest BCUT2D eigenvalue weighted by Crippen LogP contribution is -2.70. The molecule has 5 aliphatic carbocycles. The Balaban J connectivity index is 1.60. The van der Waals surface area contributed by atoms with E-state index in [1.165, 1.54) is 51.4 Å². The van der Waals surface area contributed by atoms with Crippen molar-refractivity contribution in [2.45, 2.75) is 138 Å². The van der Waals surface area contributed by atoms with Gasteiger partial charge in [-0.1, -0.05) is 48.0 Å². The Bertz CT molecular complexity index is 871. The van der Waals surface area contributed by atoms with Crippen LogP contribution in [0.4, 0.5) is 0 Å². The molecule has 10 atom stereocenters. The van der Waals surface area contributed by atoms with Crippen molar-refractivity contribution in [1.82, 2.24) is 0 Å². The number of hydrogen-bond donors (Lipinski definition) is 1. The van der Waals surface area contributed by atoms with E-state index < -0.39 is 5.60 Å². The zero-order valence-corrected chi connectivity index (χ0v) is 24.3. The lowest BCUT2D eigenvalue weighted by molar-refractivity contribution is -0.283. The molecule has 0 radical (unpaired) electrons. The summed E-state index contributed by atoms with van der Waals surface area (Å²) in [7, 11) is 0. The zero-order valence-electron chi connectivity index (χ0n) is 24.3. The molecule has 0 aromatic rings. The first kappa shape index (κ1) is 26.1. The molecule has 0 spiro atoms. The van der Waals surface area contributed by atoms with E-state index >= 15 is 0 Å². The molecular formula is C32H54O3. The van der Waals surface area contributed by atoms with Gasteiger partial charge in [0.15, 0.2) is 0 Å². The van der Waals surface area contributed by atoms with Crippen molar-refractivity contribution in [1.29, 1.82) is 0 Å². The third-order valence-electron chi connectivity index (χ3n) is 14.0. The van der Waals surface area contributed by atoms with E-state index in [9.17, 15) is 9.90 Å². The van der Waals surface area contributed by atoms with Gasteiger partial charge in [-0.05, 0) is 123 Å². The summed E-state index contributed by atoms with van der Waals surface area (Å²) in [5, 5.41) is 11.1. The Morgan fingerprint density at radius 2 is 1.49 bits per heavy atom. The van der Waals surface area contributed by atoms with Crippen molar-refractivity contribution in [3.63, 3.8) is 0 Å². The van der Waals surface area contributed by atoms with Gasteiger partial charge in [-0.3, -0.25) is 4.79 Å². The van der Waals surface area contributed by atoms with Gasteiger partial charge in [0.25, 0.3) is 0 Å². The van der Waals surface area contributed by atoms with Crippen LogP contribution in [0.3, 0.4) is 0 Å². The second-order valence-corrected chi connectivity index (χ2v) is 16.1. The smallest absolute Gasteiger partial charge is 0.302 e. The van der Waals surface area contributed by atoms with Crippen LogP contribution in [0.2, 0.25) is 0 Å². The summed E-state index contributed by atoms with van der Waals surface area (Å²) in [6, 6.07) is 0. The van der Waals surface area contributed by atoms with Crippen molar-refractivity contribution >= 4 is 5.97 Å². The van der Waals surface area contributed by atoms with Crippen molar-refractivity contribution in [2.24, 2.45) is 56.7 Å². The molecule has 0 aliphatic heterocycles. The van der Waals surface area contributed by atoms with Crippen molar-refractivity contribution in [3.8, 4) is 0 Å². The molecule has 0 bridgehead atoms. The van der Waals surface area contributed by atoms with E-state index in [4.69, 9.17) is 4.74 Å². The number of carbonyl (C=O) groups is 1. The van der Waals surface area contributed by atoms with Crippen LogP contribution in [-0.2, 0) is 9.53 Å². The van der Waals surface area contributed by atoms with Crippen LogP contribution in [0, 0.1) is 56.7 Å². The van der Waals surface area contributed by atoms with Crippen molar-refractivity contribution in [3.05, 3.63) is 0 Å². The van der Waals surface area contributed by atoms with E-state index in [2.05, 4.69) is 41.5 Å². The second-order valence-electron chi connectivity index (χ2n) is 16.1. The Morgan fingerprint density at radius 3 is 2.11 bits per heavy atom. The molecular weight excluding hydrogens is 432 g/mol. The summed E-state index contributed by atoms with van der Waals surface area (Å²) in [5.41, 5.74) is 0.461. The minimum atomic E-state index is -0.600. The summed E-state index contributed by atoms with van der Waals surface area (Å²) < 4.78 is 6.41. The number of hydrogen-bond acceptors (Lipinski definition) is 3. The van der Waals surface area contributed by atoms with Gasteiger partial charge < -0.3 is 9.84 Å². The molecule has 200 valence electrons. The first-order chi connectivity index (χ1) is 16.0. The molecule has 35 heavy (non-hydrogen) atoms. The Labute approximate surface area is 215 Å². The number of esters is 1. The van der Waals surface area contributed by atoms with Crippen LogP contribution in [0.25, 0.3) is 0 Å². The maximum atomic E-state index is 12.5. The standard InChI is InChI=1S/C32H54O3/c1-20(33)35-26-19-25-27(2,3)15-10-16-30(25,7)24-12-11-23-29(6)17-13-21(28(4,5)34)22(29)14-18-31(23,8)32(24,26)9/h21-26,34H,10-19H2,1-9H3/t21-,22+,23-,24+,25-,26-,29-,30+,31+,32-/m0/s1. The minimum Gasteiger partial charge on any atom is -0.462 e. The topological polar surface area (TPSA) is 46.5 Å². The number of ether oxygens (including phenoxy) is 1. The largest absolute Gasteiger partial charge is 0.462 e. The fraction of sp³-hybridized carbons (Fsp3) is 0.969. The lowest BCUT2D eigenvalue weighted by Gasteiger charge is -2.74. The van der Waals surface area contributed by atoms with Gasteiger partial charge in [-0.2, -0.15) is 0 Å². The molecule has 0 aromatic heterocycles. The highest BCUT2D eigenvalue weighted by atomic mass is 16.5. The predicted octanol–water partition coefficient (Wildman–Crippen LogP) is 7.79. The van der Waals surface area contributed by atoms with Gasteiger partial charge >= 0.3 is 5.97 Å². The minimum absolute atomic E-state index is 0.00105. The first-order valence-electron chi connectivity index (χ1n) is 14.9. The van der Waals surface area contributed by atoms with Gasteiger partial charge in [-0.25, -0.2) is 0 Å². The fourth-order valence-electron chi connectivity index (χ4n) is 12.4. The van der Waals surface area contributed by atoms with Crippen molar-refractivity contribution < 1.29 is 14.6 Å². The first-order valence-corrected chi connectivity index (χ1v) is 14.9. The van der Waals surface area contributed by atoms with Gasteiger partial charge in [-0.15, -0.1) is 0 Å². The van der Waals surface area contributed by atoms with Gasteiger partial charge in [0.1, 0.15) is 6.10 Å². The molecule has 0 saturated heterocycles. The molecule has 5 aliphatic rings. The van der Waals surface area contributed by atoms with Crippen LogP contribution in [0.15, 0.2) is 0 Å². The maximum absolute atomic E-state index is 12.5. The Morgan fingerprint density at radius 1 is 0.829 bits per heavy atom. The third kappa shape index (κ3) is 3.34. The molecule has 3 heteroatoms. The Hall–Kier alpha value is -0.570. The third-order valence-corrected chi connectivity index (χ3v) is 14.0. The van der Waals surface area contributed by atoms with Crippen LogP contribution in [-0.4, -0.2) is 22.8 Å². The van der Waals surface area contributed by atoms with E-state index in [1.807, 2.05) is 13.8 Å². The van der Waals surface area contributed by atoms with E-state index in [0.29, 0.717) is 40.4 Å². The summed E-state index contributed by atoms with van der Waals surface area (Å²) in [4.78, 5) is 12.5. The second kappa shape index (κ2) is 7.73. The number of carbonyl (C=O) groups excluding carboxylic acids is 1. The monoisotopic (exact) mass is 486 g/mol. The van der Waals surface area contributed by atoms with Crippen LogP contribution in [0.1, 0.15) is 127 Å².